The molecule has 9 nitrogen and oxygen atoms in total. The zero-order valence-electron chi connectivity index (χ0n) is 17.0. The zero-order chi connectivity index (χ0) is 21.3. The first-order valence-corrected chi connectivity index (χ1v) is 10.1. The normalized spacial score (nSPS) is 12.6. The van der Waals surface area contributed by atoms with Gasteiger partial charge in [0, 0.05) is 38.2 Å². The number of fused-ring (bicyclic) bond motifs is 2. The van der Waals surface area contributed by atoms with Gasteiger partial charge in [0.05, 0.1) is 5.39 Å². The molecule has 0 fully saturated rings. The van der Waals surface area contributed by atoms with Crippen LogP contribution in [0.3, 0.4) is 0 Å². The van der Waals surface area contributed by atoms with Gasteiger partial charge in [0.1, 0.15) is 22.8 Å². The molecule has 4 rings (SSSR count). The van der Waals surface area contributed by atoms with Gasteiger partial charge in [-0.05, 0) is 24.5 Å². The number of hydrogen-bond acceptors (Lipinski definition) is 6. The van der Waals surface area contributed by atoms with Gasteiger partial charge in [0.15, 0.2) is 11.3 Å². The summed E-state index contributed by atoms with van der Waals surface area (Å²) in [4.78, 5) is 30.4. The molecule has 4 heterocycles. The molecule has 0 aliphatic rings. The lowest BCUT2D eigenvalue weighted by Crippen LogP contribution is -2.34. The summed E-state index contributed by atoms with van der Waals surface area (Å²) in [6.45, 7) is 4.81. The van der Waals surface area contributed by atoms with Crippen molar-refractivity contribution < 1.29 is 4.79 Å². The number of carbonyl (C=O) groups excluding carboxylic acids is 1. The van der Waals surface area contributed by atoms with E-state index in [4.69, 9.17) is 11.6 Å². The quantitative estimate of drug-likeness (QED) is 0.470. The lowest BCUT2D eigenvalue weighted by Gasteiger charge is -2.26. The van der Waals surface area contributed by atoms with E-state index in [0.717, 1.165) is 23.3 Å². The Bertz CT molecular complexity index is 1180. The molecule has 0 aromatic carbocycles. The SMILES string of the molecule is CC(C)[C@@H](CCN(C)C(=O)c1nn2cccnc2c1Cl)Nc1ncnc2[nH]ccc12. The predicted octanol–water partition coefficient (Wildman–Crippen LogP) is 3.25. The topological polar surface area (TPSA) is 104 Å². The second kappa shape index (κ2) is 8.27. The number of carbonyl (C=O) groups is 1. The third-order valence-corrected chi connectivity index (χ3v) is 5.49. The summed E-state index contributed by atoms with van der Waals surface area (Å²) in [6.07, 6.45) is 7.45. The fourth-order valence-electron chi connectivity index (χ4n) is 3.35. The molecule has 0 unspecified atom stereocenters. The number of nitrogens with zero attached hydrogens (tertiary/aromatic N) is 6. The highest BCUT2D eigenvalue weighted by molar-refractivity contribution is 6.36. The molecule has 4 aromatic rings. The number of rotatable bonds is 7. The highest BCUT2D eigenvalue weighted by Gasteiger charge is 2.23. The first kappa shape index (κ1) is 20.1. The molecule has 10 heteroatoms. The predicted molar refractivity (Wildman–Crippen MR) is 116 cm³/mol. The number of nitrogens with one attached hydrogen (secondary N) is 2. The molecule has 30 heavy (non-hydrogen) atoms. The summed E-state index contributed by atoms with van der Waals surface area (Å²) in [5, 5.41) is 9.00. The minimum Gasteiger partial charge on any atom is -0.366 e. The zero-order valence-corrected chi connectivity index (χ0v) is 17.8. The maximum atomic E-state index is 12.9. The van der Waals surface area contributed by atoms with Gasteiger partial charge in [-0.1, -0.05) is 25.4 Å². The van der Waals surface area contributed by atoms with E-state index in [0.29, 0.717) is 18.1 Å². The largest absolute Gasteiger partial charge is 0.366 e. The number of halogens is 1. The van der Waals surface area contributed by atoms with Gasteiger partial charge in [-0.15, -0.1) is 0 Å². The van der Waals surface area contributed by atoms with Crippen LogP contribution in [0.4, 0.5) is 5.82 Å². The summed E-state index contributed by atoms with van der Waals surface area (Å²) >= 11 is 6.34. The standard InChI is InChI=1S/C20H23ClN8O/c1-12(2)14(26-18-13-5-8-22-17(13)24-11-25-18)6-10-28(3)20(30)16-15(21)19-23-7-4-9-29(19)27-16/h4-5,7-9,11-12,14H,6,10H2,1-3H3,(H2,22,24,25,26)/t14-/m1/s1. The minimum atomic E-state index is -0.233. The Kier molecular flexibility index (Phi) is 5.54. The van der Waals surface area contributed by atoms with E-state index in [1.807, 2.05) is 12.3 Å². The van der Waals surface area contributed by atoms with Crippen LogP contribution >= 0.6 is 11.6 Å². The van der Waals surface area contributed by atoms with Gasteiger partial charge in [-0.2, -0.15) is 5.10 Å². The van der Waals surface area contributed by atoms with E-state index >= 15 is 0 Å². The van der Waals surface area contributed by atoms with E-state index < -0.39 is 0 Å². The summed E-state index contributed by atoms with van der Waals surface area (Å²) in [5.41, 5.74) is 1.46. The van der Waals surface area contributed by atoms with E-state index in [2.05, 4.69) is 44.2 Å². The van der Waals surface area contributed by atoms with Crippen LogP contribution in [0.2, 0.25) is 5.02 Å². The molecule has 1 amide bonds. The van der Waals surface area contributed by atoms with Crippen molar-refractivity contribution in [3.05, 3.63) is 47.8 Å². The van der Waals surface area contributed by atoms with Gasteiger partial charge in [0.25, 0.3) is 5.91 Å². The highest BCUT2D eigenvalue weighted by atomic mass is 35.5. The summed E-state index contributed by atoms with van der Waals surface area (Å²) in [7, 11) is 1.75. The molecule has 0 saturated heterocycles. The lowest BCUT2D eigenvalue weighted by atomic mass is 10.0. The number of amides is 1. The van der Waals surface area contributed by atoms with Crippen molar-refractivity contribution in [1.29, 1.82) is 0 Å². The van der Waals surface area contributed by atoms with Crippen molar-refractivity contribution in [2.75, 3.05) is 18.9 Å². The van der Waals surface area contributed by atoms with Crippen LogP contribution in [0.15, 0.2) is 37.1 Å². The minimum absolute atomic E-state index is 0.117. The van der Waals surface area contributed by atoms with Gasteiger partial charge in [0.2, 0.25) is 0 Å². The number of aromatic nitrogens is 6. The molecule has 0 aliphatic heterocycles. The smallest absolute Gasteiger partial charge is 0.275 e. The van der Waals surface area contributed by atoms with Crippen molar-refractivity contribution in [1.82, 2.24) is 34.4 Å². The van der Waals surface area contributed by atoms with Crippen molar-refractivity contribution in [3.63, 3.8) is 0 Å². The lowest BCUT2D eigenvalue weighted by molar-refractivity contribution is 0.0784. The Hall–Kier alpha value is -3.20. The van der Waals surface area contributed by atoms with Crippen molar-refractivity contribution in [2.24, 2.45) is 5.92 Å². The fourth-order valence-corrected chi connectivity index (χ4v) is 3.60. The van der Waals surface area contributed by atoms with E-state index in [-0.39, 0.29) is 22.7 Å². The molecular formula is C20H23ClN8O. The number of aromatic amines is 1. The Balaban J connectivity index is 1.46. The van der Waals surface area contributed by atoms with Gasteiger partial charge in [-0.25, -0.2) is 19.5 Å². The van der Waals surface area contributed by atoms with Crippen LogP contribution in [0.5, 0.6) is 0 Å². The van der Waals surface area contributed by atoms with Crippen molar-refractivity contribution in [2.45, 2.75) is 26.3 Å². The average Bonchev–Trinajstić information content (AvgIpc) is 3.35. The van der Waals surface area contributed by atoms with E-state index in [9.17, 15) is 4.79 Å². The van der Waals surface area contributed by atoms with Crippen molar-refractivity contribution >= 4 is 40.0 Å². The number of H-pyrrole nitrogens is 1. The van der Waals surface area contributed by atoms with Gasteiger partial charge >= 0.3 is 0 Å². The fraction of sp³-hybridized carbons (Fsp3) is 0.350. The molecule has 0 aliphatic carbocycles. The Morgan fingerprint density at radius 3 is 2.93 bits per heavy atom. The van der Waals surface area contributed by atoms with Crippen LogP contribution < -0.4 is 5.32 Å². The number of hydrogen-bond donors (Lipinski definition) is 2. The van der Waals surface area contributed by atoms with Gasteiger partial charge < -0.3 is 15.2 Å². The summed E-state index contributed by atoms with van der Waals surface area (Å²) < 4.78 is 1.51. The number of anilines is 1. The molecule has 4 aromatic heterocycles. The van der Waals surface area contributed by atoms with Crippen molar-refractivity contribution in [3.8, 4) is 0 Å². The molecule has 0 saturated carbocycles. The summed E-state index contributed by atoms with van der Waals surface area (Å²) in [6, 6.07) is 3.80. The third-order valence-electron chi connectivity index (χ3n) is 5.14. The first-order chi connectivity index (χ1) is 14.5. The Labute approximate surface area is 178 Å². The van der Waals surface area contributed by atoms with Crippen LogP contribution in [0.1, 0.15) is 30.8 Å². The second-order valence-corrected chi connectivity index (χ2v) is 7.90. The maximum absolute atomic E-state index is 12.9. The van der Waals surface area contributed by atoms with Gasteiger partial charge in [-0.3, -0.25) is 4.79 Å². The highest BCUT2D eigenvalue weighted by Crippen LogP contribution is 2.23. The third kappa shape index (κ3) is 3.80. The van der Waals surface area contributed by atoms with E-state index in [1.54, 1.807) is 30.4 Å². The second-order valence-electron chi connectivity index (χ2n) is 7.52. The van der Waals surface area contributed by atoms with Crippen LogP contribution in [0, 0.1) is 5.92 Å². The molecule has 0 radical (unpaired) electrons. The summed E-state index contributed by atoms with van der Waals surface area (Å²) in [5.74, 6) is 0.881. The molecule has 2 N–H and O–H groups in total. The van der Waals surface area contributed by atoms with E-state index in [1.165, 1.54) is 10.8 Å². The Morgan fingerprint density at radius 1 is 1.33 bits per heavy atom. The molecule has 1 atom stereocenters. The molecular weight excluding hydrogens is 404 g/mol. The first-order valence-electron chi connectivity index (χ1n) is 9.74. The van der Waals surface area contributed by atoms with Crippen LogP contribution in [0.25, 0.3) is 16.7 Å². The monoisotopic (exact) mass is 426 g/mol. The van der Waals surface area contributed by atoms with Crippen LogP contribution in [-0.2, 0) is 0 Å². The molecule has 0 spiro atoms. The van der Waals surface area contributed by atoms with Crippen LogP contribution in [-0.4, -0.2) is 60.0 Å². The maximum Gasteiger partial charge on any atom is 0.275 e. The average molecular weight is 427 g/mol. The Morgan fingerprint density at radius 2 is 2.17 bits per heavy atom. The molecule has 0 bridgehead atoms. The molecule has 156 valence electrons.